The van der Waals surface area contributed by atoms with Gasteiger partial charge in [0, 0.05) is 54.5 Å². The zero-order valence-corrected chi connectivity index (χ0v) is 14.2. The molecule has 1 saturated heterocycles. The number of carboxylic acids is 1. The molecule has 0 radical (unpaired) electrons. The Labute approximate surface area is 150 Å². The fourth-order valence-corrected chi connectivity index (χ4v) is 3.71. The van der Waals surface area contributed by atoms with E-state index in [-0.39, 0.29) is 5.82 Å². The maximum Gasteiger partial charge on any atom is 0.325 e. The molecule has 1 aromatic heterocycles. The minimum Gasteiger partial charge on any atom is -0.480 e. The summed E-state index contributed by atoms with van der Waals surface area (Å²) in [4.78, 5) is 19.3. The number of halogens is 1. The molecule has 134 valence electrons. The summed E-state index contributed by atoms with van der Waals surface area (Å²) in [7, 11) is 0. The average molecular weight is 353 g/mol. The highest BCUT2D eigenvalue weighted by molar-refractivity contribution is 5.89. The lowest BCUT2D eigenvalue weighted by Gasteiger charge is -2.38. The van der Waals surface area contributed by atoms with Crippen molar-refractivity contribution >= 4 is 22.6 Å². The van der Waals surface area contributed by atoms with Crippen molar-refractivity contribution in [3.8, 4) is 0 Å². The predicted molar refractivity (Wildman–Crippen MR) is 98.9 cm³/mol. The van der Waals surface area contributed by atoms with Crippen molar-refractivity contribution in [3.63, 3.8) is 0 Å². The van der Waals surface area contributed by atoms with E-state index in [0.29, 0.717) is 24.2 Å². The fraction of sp³-hybridized carbons (Fsp3) is 0.250. The number of benzene rings is 2. The van der Waals surface area contributed by atoms with Crippen LogP contribution in [0.5, 0.6) is 0 Å². The van der Waals surface area contributed by atoms with Crippen molar-refractivity contribution in [2.75, 3.05) is 31.1 Å². The minimum atomic E-state index is -0.886. The monoisotopic (exact) mass is 353 g/mol. The van der Waals surface area contributed by atoms with Crippen LogP contribution in [0.25, 0.3) is 10.9 Å². The van der Waals surface area contributed by atoms with Crippen LogP contribution in [0.1, 0.15) is 11.6 Å². The molecule has 1 aliphatic rings. The zero-order valence-electron chi connectivity index (χ0n) is 14.2. The van der Waals surface area contributed by atoms with Crippen molar-refractivity contribution in [2.45, 2.75) is 6.04 Å². The van der Waals surface area contributed by atoms with Gasteiger partial charge in [-0.3, -0.25) is 9.69 Å². The summed E-state index contributed by atoms with van der Waals surface area (Å²) in [6.07, 6.45) is 1.69. The molecule has 1 aliphatic heterocycles. The normalized spacial score (nSPS) is 16.7. The topological polar surface area (TPSA) is 59.6 Å². The Kier molecular flexibility index (Phi) is 4.34. The van der Waals surface area contributed by atoms with Crippen LogP contribution in [0, 0.1) is 5.82 Å². The average Bonchev–Trinajstić information content (AvgIpc) is 3.05. The number of aliphatic carboxylic acids is 1. The van der Waals surface area contributed by atoms with E-state index < -0.39 is 12.0 Å². The number of anilines is 1. The Balaban J connectivity index is 1.57. The van der Waals surface area contributed by atoms with Gasteiger partial charge in [-0.15, -0.1) is 0 Å². The molecule has 0 bridgehead atoms. The smallest absolute Gasteiger partial charge is 0.325 e. The maximum atomic E-state index is 13.4. The lowest BCUT2D eigenvalue weighted by molar-refractivity contribution is -0.143. The van der Waals surface area contributed by atoms with E-state index in [4.69, 9.17) is 0 Å². The van der Waals surface area contributed by atoms with Crippen LogP contribution in [-0.4, -0.2) is 47.1 Å². The lowest BCUT2D eigenvalue weighted by atomic mass is 10.0. The SMILES string of the molecule is O=C(O)C(c1c[nH]c2cc(F)ccc12)N1CCN(c2ccccc2)CC1. The number of fused-ring (bicyclic) bond motifs is 1. The summed E-state index contributed by atoms with van der Waals surface area (Å²) < 4.78 is 13.4. The van der Waals surface area contributed by atoms with Crippen LogP contribution in [0.15, 0.2) is 54.7 Å². The highest BCUT2D eigenvalue weighted by Crippen LogP contribution is 2.30. The van der Waals surface area contributed by atoms with Crippen molar-refractivity contribution in [2.24, 2.45) is 0 Å². The Hall–Kier alpha value is -2.86. The van der Waals surface area contributed by atoms with Crippen LogP contribution < -0.4 is 4.90 Å². The van der Waals surface area contributed by atoms with Gasteiger partial charge in [0.05, 0.1) is 0 Å². The van der Waals surface area contributed by atoms with E-state index in [0.717, 1.165) is 24.2 Å². The van der Waals surface area contributed by atoms with Gasteiger partial charge in [0.15, 0.2) is 0 Å². The van der Waals surface area contributed by atoms with Crippen molar-refractivity contribution in [1.29, 1.82) is 0 Å². The summed E-state index contributed by atoms with van der Waals surface area (Å²) in [5.41, 5.74) is 2.46. The summed E-state index contributed by atoms with van der Waals surface area (Å²) in [5.74, 6) is -1.22. The van der Waals surface area contributed by atoms with E-state index >= 15 is 0 Å². The number of piperazine rings is 1. The summed E-state index contributed by atoms with van der Waals surface area (Å²) >= 11 is 0. The second-order valence-electron chi connectivity index (χ2n) is 6.53. The molecule has 6 heteroatoms. The minimum absolute atomic E-state index is 0.339. The van der Waals surface area contributed by atoms with E-state index in [1.165, 1.54) is 12.1 Å². The quantitative estimate of drug-likeness (QED) is 0.756. The number of nitrogens with one attached hydrogen (secondary N) is 1. The molecular formula is C20H20FN3O2. The van der Waals surface area contributed by atoms with Gasteiger partial charge in [-0.1, -0.05) is 18.2 Å². The van der Waals surface area contributed by atoms with Crippen LogP contribution >= 0.6 is 0 Å². The summed E-state index contributed by atoms with van der Waals surface area (Å²) in [6, 6.07) is 13.8. The van der Waals surface area contributed by atoms with E-state index in [2.05, 4.69) is 22.0 Å². The van der Waals surface area contributed by atoms with Gasteiger partial charge >= 0.3 is 5.97 Å². The first kappa shape index (κ1) is 16.6. The third-order valence-electron chi connectivity index (χ3n) is 5.01. The van der Waals surface area contributed by atoms with E-state index in [1.54, 1.807) is 12.3 Å². The number of aromatic nitrogens is 1. The van der Waals surface area contributed by atoms with Crippen molar-refractivity contribution in [1.82, 2.24) is 9.88 Å². The molecule has 2 heterocycles. The Morgan fingerprint density at radius 1 is 1.08 bits per heavy atom. The first-order valence-corrected chi connectivity index (χ1v) is 8.67. The standard InChI is InChI=1S/C20H20FN3O2/c21-14-6-7-16-17(13-22-18(16)12-14)19(20(25)26)24-10-8-23(9-11-24)15-4-2-1-3-5-15/h1-7,12-13,19,22H,8-11H2,(H,25,26). The summed E-state index contributed by atoms with van der Waals surface area (Å²) in [6.45, 7) is 2.84. The number of nitrogens with zero attached hydrogens (tertiary/aromatic N) is 2. The molecule has 26 heavy (non-hydrogen) atoms. The maximum absolute atomic E-state index is 13.4. The van der Waals surface area contributed by atoms with Gasteiger partial charge in [0.25, 0.3) is 0 Å². The fourth-order valence-electron chi connectivity index (χ4n) is 3.71. The number of para-hydroxylation sites is 1. The second kappa shape index (κ2) is 6.80. The van der Waals surface area contributed by atoms with Crippen LogP contribution in [0.3, 0.4) is 0 Å². The van der Waals surface area contributed by atoms with E-state index in [9.17, 15) is 14.3 Å². The molecule has 5 nitrogen and oxygen atoms in total. The third kappa shape index (κ3) is 3.04. The lowest BCUT2D eigenvalue weighted by Crippen LogP contribution is -2.49. The number of H-pyrrole nitrogens is 1. The number of hydrogen-bond donors (Lipinski definition) is 2. The molecule has 1 fully saturated rings. The van der Waals surface area contributed by atoms with Crippen LogP contribution in [-0.2, 0) is 4.79 Å². The van der Waals surface area contributed by atoms with E-state index in [1.807, 2.05) is 23.1 Å². The number of hydrogen-bond acceptors (Lipinski definition) is 3. The van der Waals surface area contributed by atoms with Gasteiger partial charge in [-0.25, -0.2) is 4.39 Å². The number of carbonyl (C=O) groups is 1. The van der Waals surface area contributed by atoms with Crippen molar-refractivity contribution in [3.05, 3.63) is 66.1 Å². The second-order valence-corrected chi connectivity index (χ2v) is 6.53. The molecule has 1 atom stereocenters. The van der Waals surface area contributed by atoms with Gasteiger partial charge in [-0.2, -0.15) is 0 Å². The number of aromatic amines is 1. The molecular weight excluding hydrogens is 333 g/mol. The third-order valence-corrected chi connectivity index (χ3v) is 5.01. The molecule has 2 N–H and O–H groups in total. The number of rotatable bonds is 4. The first-order valence-electron chi connectivity index (χ1n) is 8.67. The molecule has 4 rings (SSSR count). The van der Waals surface area contributed by atoms with Crippen LogP contribution in [0.4, 0.5) is 10.1 Å². The zero-order chi connectivity index (χ0) is 18.1. The van der Waals surface area contributed by atoms with Gasteiger partial charge in [-0.05, 0) is 30.3 Å². The molecule has 1 unspecified atom stereocenters. The first-order chi connectivity index (χ1) is 12.6. The molecule has 2 aromatic carbocycles. The van der Waals surface area contributed by atoms with Gasteiger partial charge in [0.1, 0.15) is 11.9 Å². The Bertz CT molecular complexity index is 917. The largest absolute Gasteiger partial charge is 0.480 e. The summed E-state index contributed by atoms with van der Waals surface area (Å²) in [5, 5.41) is 10.6. The van der Waals surface area contributed by atoms with Gasteiger partial charge in [0.2, 0.25) is 0 Å². The highest BCUT2D eigenvalue weighted by atomic mass is 19.1. The molecule has 0 aliphatic carbocycles. The van der Waals surface area contributed by atoms with Crippen LogP contribution in [0.2, 0.25) is 0 Å². The van der Waals surface area contributed by atoms with Gasteiger partial charge < -0.3 is 15.0 Å². The molecule has 3 aromatic rings. The molecule has 0 saturated carbocycles. The molecule has 0 amide bonds. The number of carboxylic acid groups (broad SMARTS) is 1. The molecule has 0 spiro atoms. The van der Waals surface area contributed by atoms with Crippen molar-refractivity contribution < 1.29 is 14.3 Å². The Morgan fingerprint density at radius 3 is 2.50 bits per heavy atom. The Morgan fingerprint density at radius 2 is 1.81 bits per heavy atom. The highest BCUT2D eigenvalue weighted by Gasteiger charge is 2.32. The predicted octanol–water partition coefficient (Wildman–Crippen LogP) is 3.25.